The molecule has 1 unspecified atom stereocenters. The van der Waals surface area contributed by atoms with Gasteiger partial charge in [-0.25, -0.2) is 0 Å². The van der Waals surface area contributed by atoms with E-state index in [2.05, 4.69) is 4.98 Å². The van der Waals surface area contributed by atoms with E-state index in [0.717, 1.165) is 0 Å². The van der Waals surface area contributed by atoms with Crippen LogP contribution in [0.25, 0.3) is 0 Å². The molecule has 0 fully saturated rings. The summed E-state index contributed by atoms with van der Waals surface area (Å²) in [5.74, 6) is -0.178. The fraction of sp³-hybridized carbons (Fsp3) is 0.500. The van der Waals surface area contributed by atoms with Crippen LogP contribution in [0.3, 0.4) is 0 Å². The molecule has 0 radical (unpaired) electrons. The molecule has 1 aromatic heterocycles. The summed E-state index contributed by atoms with van der Waals surface area (Å²) in [5, 5.41) is 9.56. The Morgan fingerprint density at radius 1 is 1.67 bits per heavy atom. The van der Waals surface area contributed by atoms with E-state index < -0.39 is 6.10 Å². The molecule has 6 nitrogen and oxygen atoms in total. The molecule has 0 bridgehead atoms. The van der Waals surface area contributed by atoms with E-state index >= 15 is 0 Å². The molecule has 1 aromatic rings. The van der Waals surface area contributed by atoms with Crippen molar-refractivity contribution in [2.24, 2.45) is 5.73 Å². The minimum absolute atomic E-state index is 0.178. The van der Waals surface area contributed by atoms with E-state index in [1.54, 1.807) is 25.4 Å². The van der Waals surface area contributed by atoms with E-state index in [-0.39, 0.29) is 25.6 Å². The lowest BCUT2D eigenvalue weighted by molar-refractivity contribution is 0.0380. The summed E-state index contributed by atoms with van der Waals surface area (Å²) in [6.07, 6.45) is 0.856. The van der Waals surface area contributed by atoms with Crippen LogP contribution in [-0.4, -0.2) is 54.3 Å². The molecule has 100 valence electrons. The first-order chi connectivity index (χ1) is 8.58. The van der Waals surface area contributed by atoms with Crippen molar-refractivity contribution >= 4 is 5.91 Å². The second-order valence-corrected chi connectivity index (χ2v) is 4.03. The minimum atomic E-state index is -0.695. The Morgan fingerprint density at radius 3 is 3.00 bits per heavy atom. The maximum absolute atomic E-state index is 12.1. The Hall–Kier alpha value is -1.50. The monoisotopic (exact) mass is 253 g/mol. The molecule has 0 saturated carbocycles. The number of carbonyl (C=O) groups excluding carboxylic acids is 1. The molecule has 0 aromatic carbocycles. The Morgan fingerprint density at radius 2 is 2.39 bits per heavy atom. The Balaban J connectivity index is 2.67. The summed E-state index contributed by atoms with van der Waals surface area (Å²) in [7, 11) is 3.13. The molecule has 3 N–H and O–H groups in total. The van der Waals surface area contributed by atoms with E-state index in [4.69, 9.17) is 10.5 Å². The topological polar surface area (TPSA) is 88.7 Å². The van der Waals surface area contributed by atoms with Gasteiger partial charge in [-0.15, -0.1) is 0 Å². The largest absolute Gasteiger partial charge is 0.389 e. The van der Waals surface area contributed by atoms with Gasteiger partial charge in [0.25, 0.3) is 5.91 Å². The average molecular weight is 253 g/mol. The van der Waals surface area contributed by atoms with Gasteiger partial charge in [-0.3, -0.25) is 9.78 Å². The number of aliphatic hydroxyl groups excluding tert-OH is 1. The Labute approximate surface area is 106 Å². The number of carbonyl (C=O) groups is 1. The standard InChI is InChI=1S/C12H19N3O3/c1-15(7-11(16)8-18-2)12(17)9-3-4-14-10(5-9)6-13/h3-5,11,16H,6-8,13H2,1-2H3. The number of hydrogen-bond donors (Lipinski definition) is 2. The number of ether oxygens (including phenoxy) is 1. The molecule has 18 heavy (non-hydrogen) atoms. The summed E-state index contributed by atoms with van der Waals surface area (Å²) in [6, 6.07) is 3.28. The highest BCUT2D eigenvalue weighted by Crippen LogP contribution is 2.05. The summed E-state index contributed by atoms with van der Waals surface area (Å²) in [4.78, 5) is 17.5. The zero-order valence-electron chi connectivity index (χ0n) is 10.7. The molecule has 1 amide bonds. The Bertz CT molecular complexity index is 398. The molecule has 1 atom stereocenters. The smallest absolute Gasteiger partial charge is 0.253 e. The lowest BCUT2D eigenvalue weighted by Crippen LogP contribution is -2.36. The lowest BCUT2D eigenvalue weighted by atomic mass is 10.2. The van der Waals surface area contributed by atoms with Crippen molar-refractivity contribution in [3.63, 3.8) is 0 Å². The summed E-state index contributed by atoms with van der Waals surface area (Å²) < 4.78 is 4.81. The van der Waals surface area contributed by atoms with Gasteiger partial charge in [-0.05, 0) is 12.1 Å². The number of aliphatic hydroxyl groups is 1. The summed E-state index contributed by atoms with van der Waals surface area (Å²) >= 11 is 0. The maximum Gasteiger partial charge on any atom is 0.253 e. The van der Waals surface area contributed by atoms with Crippen molar-refractivity contribution in [3.8, 4) is 0 Å². The Kier molecular flexibility index (Phi) is 5.70. The van der Waals surface area contributed by atoms with Crippen LogP contribution in [0.15, 0.2) is 18.3 Å². The molecular formula is C12H19N3O3. The molecule has 6 heteroatoms. The van der Waals surface area contributed by atoms with E-state index in [9.17, 15) is 9.90 Å². The van der Waals surface area contributed by atoms with Crippen molar-refractivity contribution in [3.05, 3.63) is 29.6 Å². The number of methoxy groups -OCH3 is 1. The second kappa shape index (κ2) is 7.05. The van der Waals surface area contributed by atoms with Gasteiger partial charge in [-0.2, -0.15) is 0 Å². The molecule has 1 heterocycles. The van der Waals surface area contributed by atoms with Gasteiger partial charge >= 0.3 is 0 Å². The molecule has 0 aliphatic rings. The second-order valence-electron chi connectivity index (χ2n) is 4.03. The van der Waals surface area contributed by atoms with Crippen LogP contribution >= 0.6 is 0 Å². The molecular weight excluding hydrogens is 234 g/mol. The highest BCUT2D eigenvalue weighted by molar-refractivity contribution is 5.94. The predicted molar refractivity (Wildman–Crippen MR) is 67.0 cm³/mol. The summed E-state index contributed by atoms with van der Waals surface area (Å²) in [6.45, 7) is 0.700. The average Bonchev–Trinajstić information content (AvgIpc) is 2.38. The predicted octanol–water partition coefficient (Wildman–Crippen LogP) is -0.380. The fourth-order valence-electron chi connectivity index (χ4n) is 1.59. The van der Waals surface area contributed by atoms with Gasteiger partial charge in [0.05, 0.1) is 18.4 Å². The molecule has 0 spiro atoms. The summed E-state index contributed by atoms with van der Waals surface area (Å²) in [5.41, 5.74) is 6.64. The number of amides is 1. The van der Waals surface area contributed by atoms with Gasteiger partial charge in [0, 0.05) is 39.0 Å². The zero-order valence-corrected chi connectivity index (χ0v) is 10.7. The van der Waals surface area contributed by atoms with E-state index in [0.29, 0.717) is 11.3 Å². The molecule has 0 saturated heterocycles. The van der Waals surface area contributed by atoms with E-state index in [1.807, 2.05) is 0 Å². The first-order valence-electron chi connectivity index (χ1n) is 5.66. The fourth-order valence-corrected chi connectivity index (χ4v) is 1.59. The number of aromatic nitrogens is 1. The normalized spacial score (nSPS) is 12.2. The number of rotatable bonds is 6. The van der Waals surface area contributed by atoms with Gasteiger partial charge in [0.1, 0.15) is 0 Å². The highest BCUT2D eigenvalue weighted by Gasteiger charge is 2.15. The van der Waals surface area contributed by atoms with Gasteiger partial charge < -0.3 is 20.5 Å². The lowest BCUT2D eigenvalue weighted by Gasteiger charge is -2.20. The van der Waals surface area contributed by atoms with Crippen molar-refractivity contribution in [1.29, 1.82) is 0 Å². The quantitative estimate of drug-likeness (QED) is 0.721. The minimum Gasteiger partial charge on any atom is -0.389 e. The van der Waals surface area contributed by atoms with Crippen LogP contribution in [0.5, 0.6) is 0 Å². The third-order valence-corrected chi connectivity index (χ3v) is 2.46. The number of nitrogens with two attached hydrogens (primary N) is 1. The van der Waals surface area contributed by atoms with Gasteiger partial charge in [-0.1, -0.05) is 0 Å². The van der Waals surface area contributed by atoms with Crippen molar-refractivity contribution in [2.45, 2.75) is 12.6 Å². The van der Waals surface area contributed by atoms with Crippen molar-refractivity contribution < 1.29 is 14.6 Å². The third kappa shape index (κ3) is 4.06. The van der Waals surface area contributed by atoms with Crippen LogP contribution < -0.4 is 5.73 Å². The zero-order chi connectivity index (χ0) is 13.5. The van der Waals surface area contributed by atoms with Crippen molar-refractivity contribution in [1.82, 2.24) is 9.88 Å². The highest BCUT2D eigenvalue weighted by atomic mass is 16.5. The number of nitrogens with zero attached hydrogens (tertiary/aromatic N) is 2. The SMILES string of the molecule is COCC(O)CN(C)C(=O)c1ccnc(CN)c1. The van der Waals surface area contributed by atoms with Crippen LogP contribution in [0.1, 0.15) is 16.1 Å². The van der Waals surface area contributed by atoms with Gasteiger partial charge in [0.2, 0.25) is 0 Å². The first-order valence-corrected chi connectivity index (χ1v) is 5.66. The van der Waals surface area contributed by atoms with Crippen LogP contribution in [0.2, 0.25) is 0 Å². The van der Waals surface area contributed by atoms with Crippen LogP contribution in [0.4, 0.5) is 0 Å². The molecule has 1 rings (SSSR count). The maximum atomic E-state index is 12.1. The third-order valence-electron chi connectivity index (χ3n) is 2.46. The van der Waals surface area contributed by atoms with Gasteiger partial charge in [0.15, 0.2) is 0 Å². The van der Waals surface area contributed by atoms with Crippen molar-refractivity contribution in [2.75, 3.05) is 27.3 Å². The first kappa shape index (κ1) is 14.6. The molecule has 0 aliphatic heterocycles. The van der Waals surface area contributed by atoms with Crippen LogP contribution in [0, 0.1) is 0 Å². The number of hydrogen-bond acceptors (Lipinski definition) is 5. The number of pyridine rings is 1. The molecule has 0 aliphatic carbocycles. The van der Waals surface area contributed by atoms with E-state index in [1.165, 1.54) is 12.0 Å². The van der Waals surface area contributed by atoms with Crippen LogP contribution in [-0.2, 0) is 11.3 Å². The number of likely N-dealkylation sites (N-methyl/N-ethyl adjacent to an activating group) is 1.